The molecule has 1 aromatic carbocycles. The Hall–Kier alpha value is -1.53. The van der Waals surface area contributed by atoms with Crippen LogP contribution in [0.25, 0.3) is 0 Å². The third kappa shape index (κ3) is 3.74. The molecule has 20 heavy (non-hydrogen) atoms. The molecule has 1 amide bonds. The highest BCUT2D eigenvalue weighted by molar-refractivity contribution is 5.76. The molecular weight excluding hydrogens is 266 g/mol. The highest BCUT2D eigenvalue weighted by atomic mass is 19.3. The van der Waals surface area contributed by atoms with Gasteiger partial charge in [-0.05, 0) is 17.5 Å². The van der Waals surface area contributed by atoms with Crippen LogP contribution in [0.4, 0.5) is 8.78 Å². The summed E-state index contributed by atoms with van der Waals surface area (Å²) in [5.41, 5.74) is 7.01. The summed E-state index contributed by atoms with van der Waals surface area (Å²) in [4.78, 5) is 11.7. The van der Waals surface area contributed by atoms with Crippen molar-refractivity contribution in [3.8, 4) is 0 Å². The lowest BCUT2D eigenvalue weighted by Gasteiger charge is -2.26. The van der Waals surface area contributed by atoms with Gasteiger partial charge in [-0.3, -0.25) is 4.79 Å². The molecule has 3 N–H and O–H groups in total. The molecule has 0 bridgehead atoms. The number of nitrogens with one attached hydrogen (secondary N) is 1. The highest BCUT2D eigenvalue weighted by Crippen LogP contribution is 2.29. The maximum atomic E-state index is 13.0. The summed E-state index contributed by atoms with van der Waals surface area (Å²) in [6.07, 6.45) is 0.475. The lowest BCUT2D eigenvalue weighted by molar-refractivity contribution is -0.126. The van der Waals surface area contributed by atoms with E-state index in [1.165, 1.54) is 0 Å². The van der Waals surface area contributed by atoms with Crippen LogP contribution in [0.3, 0.4) is 0 Å². The smallest absolute Gasteiger partial charge is 0.277 e. The molecule has 0 fully saturated rings. The van der Waals surface area contributed by atoms with Gasteiger partial charge in [0.15, 0.2) is 0 Å². The number of fused-ring (bicyclic) bond motifs is 1. The Morgan fingerprint density at radius 1 is 1.45 bits per heavy atom. The molecule has 0 spiro atoms. The maximum absolute atomic E-state index is 13.0. The van der Waals surface area contributed by atoms with Gasteiger partial charge in [-0.1, -0.05) is 24.3 Å². The van der Waals surface area contributed by atoms with Crippen LogP contribution in [0.2, 0.25) is 0 Å². The Morgan fingerprint density at radius 3 is 2.95 bits per heavy atom. The average Bonchev–Trinajstić information content (AvgIpc) is 2.46. The number of hydrogen-bond donors (Lipinski definition) is 2. The molecular formula is C14H18F2N2O2. The number of ether oxygens (including phenoxy) is 1. The number of benzene rings is 1. The van der Waals surface area contributed by atoms with Gasteiger partial charge in [-0.15, -0.1) is 0 Å². The lowest BCUT2D eigenvalue weighted by atomic mass is 9.95. The Kier molecular flexibility index (Phi) is 4.67. The minimum absolute atomic E-state index is 0.0393. The van der Waals surface area contributed by atoms with E-state index in [-0.39, 0.29) is 12.5 Å². The normalized spacial score (nSPS) is 18.4. The van der Waals surface area contributed by atoms with E-state index in [0.29, 0.717) is 6.61 Å². The van der Waals surface area contributed by atoms with Gasteiger partial charge >= 0.3 is 0 Å². The van der Waals surface area contributed by atoms with E-state index in [1.807, 2.05) is 24.3 Å². The van der Waals surface area contributed by atoms with Crippen LogP contribution in [-0.4, -0.2) is 31.5 Å². The summed E-state index contributed by atoms with van der Waals surface area (Å²) >= 11 is 0. The van der Waals surface area contributed by atoms with Gasteiger partial charge in [0, 0.05) is 0 Å². The number of carbonyl (C=O) groups is 1. The molecule has 0 aromatic heterocycles. The number of carbonyl (C=O) groups excluding carboxylic acids is 1. The number of amides is 1. The van der Waals surface area contributed by atoms with Crippen LogP contribution in [0, 0.1) is 0 Å². The van der Waals surface area contributed by atoms with Crippen molar-refractivity contribution in [1.82, 2.24) is 5.32 Å². The summed E-state index contributed by atoms with van der Waals surface area (Å²) in [7, 11) is 0. The zero-order valence-electron chi connectivity index (χ0n) is 11.1. The number of hydrogen-bond acceptors (Lipinski definition) is 3. The molecule has 1 atom stereocenters. The van der Waals surface area contributed by atoms with Crippen molar-refractivity contribution < 1.29 is 18.3 Å². The first-order valence-electron chi connectivity index (χ1n) is 6.56. The van der Waals surface area contributed by atoms with Gasteiger partial charge in [0.1, 0.15) is 0 Å². The van der Waals surface area contributed by atoms with E-state index in [4.69, 9.17) is 10.5 Å². The van der Waals surface area contributed by atoms with E-state index >= 15 is 0 Å². The Balaban J connectivity index is 1.93. The van der Waals surface area contributed by atoms with Crippen LogP contribution in [0.1, 0.15) is 23.7 Å². The van der Waals surface area contributed by atoms with E-state index in [2.05, 4.69) is 5.32 Å². The second-order valence-corrected chi connectivity index (χ2v) is 4.85. The predicted octanol–water partition coefficient (Wildman–Crippen LogP) is 1.40. The van der Waals surface area contributed by atoms with Gasteiger partial charge < -0.3 is 15.8 Å². The number of alkyl halides is 2. The Labute approximate surface area is 116 Å². The largest absolute Gasteiger partial charge is 0.373 e. The van der Waals surface area contributed by atoms with Gasteiger partial charge in [0.25, 0.3) is 5.92 Å². The minimum Gasteiger partial charge on any atom is -0.373 e. The third-order valence-electron chi connectivity index (χ3n) is 3.31. The molecule has 4 nitrogen and oxygen atoms in total. The highest BCUT2D eigenvalue weighted by Gasteiger charge is 2.28. The summed E-state index contributed by atoms with van der Waals surface area (Å²) < 4.78 is 31.5. The molecule has 0 saturated heterocycles. The summed E-state index contributed by atoms with van der Waals surface area (Å²) in [5.74, 6) is -3.53. The second kappa shape index (κ2) is 6.28. The third-order valence-corrected chi connectivity index (χ3v) is 3.31. The molecule has 0 radical (unpaired) electrons. The van der Waals surface area contributed by atoms with Crippen molar-refractivity contribution in [2.24, 2.45) is 5.73 Å². The maximum Gasteiger partial charge on any atom is 0.277 e. The average molecular weight is 284 g/mol. The first kappa shape index (κ1) is 14.9. The zero-order chi connectivity index (χ0) is 14.6. The van der Waals surface area contributed by atoms with Crippen molar-refractivity contribution in [1.29, 1.82) is 0 Å². The van der Waals surface area contributed by atoms with E-state index in [1.54, 1.807) is 0 Å². The van der Waals surface area contributed by atoms with Crippen molar-refractivity contribution in [2.75, 3.05) is 19.7 Å². The van der Waals surface area contributed by atoms with Crippen LogP contribution < -0.4 is 11.1 Å². The molecule has 1 unspecified atom stereocenters. The van der Waals surface area contributed by atoms with Crippen LogP contribution in [0.15, 0.2) is 24.3 Å². The molecule has 1 aromatic rings. The van der Waals surface area contributed by atoms with Gasteiger partial charge in [0.2, 0.25) is 5.91 Å². The molecule has 6 heteroatoms. The molecule has 0 saturated carbocycles. The van der Waals surface area contributed by atoms with Gasteiger partial charge in [-0.25, -0.2) is 8.78 Å². The van der Waals surface area contributed by atoms with Gasteiger partial charge in [-0.2, -0.15) is 0 Å². The summed E-state index contributed by atoms with van der Waals surface area (Å²) in [5, 5.41) is 2.20. The van der Waals surface area contributed by atoms with E-state index < -0.39 is 24.9 Å². The van der Waals surface area contributed by atoms with Crippen LogP contribution >= 0.6 is 0 Å². The Bertz CT molecular complexity index is 480. The predicted molar refractivity (Wildman–Crippen MR) is 70.5 cm³/mol. The van der Waals surface area contributed by atoms with Crippen LogP contribution in [-0.2, 0) is 16.0 Å². The van der Waals surface area contributed by atoms with Crippen molar-refractivity contribution in [3.63, 3.8) is 0 Å². The first-order valence-corrected chi connectivity index (χ1v) is 6.56. The SMILES string of the molecule is NCC(F)(F)CNC(=O)CC1OCCc2ccccc21. The lowest BCUT2D eigenvalue weighted by Crippen LogP contribution is -2.42. The fourth-order valence-corrected chi connectivity index (χ4v) is 2.19. The zero-order valence-corrected chi connectivity index (χ0v) is 11.1. The number of rotatable bonds is 5. The van der Waals surface area contributed by atoms with Crippen molar-refractivity contribution in [3.05, 3.63) is 35.4 Å². The van der Waals surface area contributed by atoms with E-state index in [9.17, 15) is 13.6 Å². The molecule has 110 valence electrons. The quantitative estimate of drug-likeness (QED) is 0.859. The summed E-state index contributed by atoms with van der Waals surface area (Å²) in [6.45, 7) is -0.985. The Morgan fingerprint density at radius 2 is 2.20 bits per heavy atom. The fourth-order valence-electron chi connectivity index (χ4n) is 2.19. The summed E-state index contributed by atoms with van der Waals surface area (Å²) in [6, 6.07) is 7.70. The fraction of sp³-hybridized carbons (Fsp3) is 0.500. The molecule has 1 aliphatic rings. The van der Waals surface area contributed by atoms with Crippen molar-refractivity contribution >= 4 is 5.91 Å². The monoisotopic (exact) mass is 284 g/mol. The molecule has 0 aliphatic carbocycles. The van der Waals surface area contributed by atoms with E-state index in [0.717, 1.165) is 17.5 Å². The minimum atomic E-state index is -3.07. The standard InChI is InChI=1S/C14H18F2N2O2/c15-14(16,8-17)9-18-13(19)7-12-11-4-2-1-3-10(11)5-6-20-12/h1-4,12H,5-9,17H2,(H,18,19). The molecule has 2 rings (SSSR count). The topological polar surface area (TPSA) is 64.3 Å². The van der Waals surface area contributed by atoms with Gasteiger partial charge in [0.05, 0.1) is 32.2 Å². The number of nitrogens with two attached hydrogens (primary N) is 1. The molecule has 1 aliphatic heterocycles. The number of halogens is 2. The van der Waals surface area contributed by atoms with Crippen molar-refractivity contribution in [2.45, 2.75) is 24.9 Å². The second-order valence-electron chi connectivity index (χ2n) is 4.85. The molecule has 1 heterocycles. The van der Waals surface area contributed by atoms with Crippen LogP contribution in [0.5, 0.6) is 0 Å². The first-order chi connectivity index (χ1) is 9.52.